The van der Waals surface area contributed by atoms with E-state index < -0.39 is 0 Å². The third kappa shape index (κ3) is 2.82. The molecule has 1 fully saturated rings. The summed E-state index contributed by atoms with van der Waals surface area (Å²) in [5, 5.41) is 7.25. The highest BCUT2D eigenvalue weighted by Crippen LogP contribution is 2.28. The van der Waals surface area contributed by atoms with E-state index in [1.54, 1.807) is 6.07 Å². The molecule has 0 radical (unpaired) electrons. The SMILES string of the molecule is Fc1ccc(Br)c(-c2noc(C3CSCCN3)n2)c1. The number of halogens is 2. The highest BCUT2D eigenvalue weighted by atomic mass is 79.9. The number of hydrogen-bond donors (Lipinski definition) is 1. The molecule has 1 unspecified atom stereocenters. The lowest BCUT2D eigenvalue weighted by Gasteiger charge is -2.19. The van der Waals surface area contributed by atoms with Gasteiger partial charge in [0.25, 0.3) is 0 Å². The average molecular weight is 344 g/mol. The molecule has 2 heterocycles. The van der Waals surface area contributed by atoms with Crippen LogP contribution in [0.15, 0.2) is 27.2 Å². The Labute approximate surface area is 122 Å². The Morgan fingerprint density at radius 2 is 2.37 bits per heavy atom. The van der Waals surface area contributed by atoms with Crippen molar-refractivity contribution in [3.63, 3.8) is 0 Å². The van der Waals surface area contributed by atoms with Gasteiger partial charge in [-0.1, -0.05) is 21.1 Å². The quantitative estimate of drug-likeness (QED) is 0.908. The highest BCUT2D eigenvalue weighted by Gasteiger charge is 2.22. The van der Waals surface area contributed by atoms with Crippen molar-refractivity contribution in [1.82, 2.24) is 15.5 Å². The molecule has 1 N–H and O–H groups in total. The van der Waals surface area contributed by atoms with Gasteiger partial charge < -0.3 is 9.84 Å². The monoisotopic (exact) mass is 343 g/mol. The van der Waals surface area contributed by atoms with Crippen molar-refractivity contribution in [1.29, 1.82) is 0 Å². The van der Waals surface area contributed by atoms with Crippen molar-refractivity contribution in [2.45, 2.75) is 6.04 Å². The maximum Gasteiger partial charge on any atom is 0.244 e. The number of rotatable bonds is 2. The predicted octanol–water partition coefficient (Wildman–Crippen LogP) is 3.02. The van der Waals surface area contributed by atoms with Crippen LogP contribution in [0.3, 0.4) is 0 Å². The van der Waals surface area contributed by atoms with E-state index in [9.17, 15) is 4.39 Å². The molecule has 100 valence electrons. The molecule has 19 heavy (non-hydrogen) atoms. The summed E-state index contributed by atoms with van der Waals surface area (Å²) in [4.78, 5) is 4.36. The van der Waals surface area contributed by atoms with Crippen LogP contribution in [-0.2, 0) is 0 Å². The fourth-order valence-electron chi connectivity index (χ4n) is 1.88. The smallest absolute Gasteiger partial charge is 0.244 e. The van der Waals surface area contributed by atoms with Crippen LogP contribution in [0.25, 0.3) is 11.4 Å². The van der Waals surface area contributed by atoms with Crippen LogP contribution in [-0.4, -0.2) is 28.2 Å². The standard InChI is InChI=1S/C12H11BrFN3OS/c13-9-2-1-7(14)5-8(9)11-16-12(18-17-11)10-6-19-4-3-15-10/h1-2,5,10,15H,3-4,6H2. The highest BCUT2D eigenvalue weighted by molar-refractivity contribution is 9.10. The fraction of sp³-hybridized carbons (Fsp3) is 0.333. The van der Waals surface area contributed by atoms with Gasteiger partial charge in [0.1, 0.15) is 5.82 Å². The van der Waals surface area contributed by atoms with Gasteiger partial charge in [-0.25, -0.2) is 4.39 Å². The molecule has 2 aromatic rings. The summed E-state index contributed by atoms with van der Waals surface area (Å²) >= 11 is 5.21. The summed E-state index contributed by atoms with van der Waals surface area (Å²) in [6.45, 7) is 0.927. The van der Waals surface area contributed by atoms with Gasteiger partial charge in [-0.15, -0.1) is 0 Å². The molecule has 1 aliphatic rings. The largest absolute Gasteiger partial charge is 0.337 e. The van der Waals surface area contributed by atoms with Gasteiger partial charge in [-0.3, -0.25) is 0 Å². The van der Waals surface area contributed by atoms with Crippen LogP contribution in [0.4, 0.5) is 4.39 Å². The summed E-state index contributed by atoms with van der Waals surface area (Å²) in [6, 6.07) is 4.48. The van der Waals surface area contributed by atoms with Crippen molar-refractivity contribution >= 4 is 27.7 Å². The van der Waals surface area contributed by atoms with Crippen LogP contribution in [0.1, 0.15) is 11.9 Å². The molecule has 1 aromatic carbocycles. The Bertz CT molecular complexity index is 586. The maximum absolute atomic E-state index is 13.3. The van der Waals surface area contributed by atoms with Crippen molar-refractivity contribution in [2.75, 3.05) is 18.1 Å². The number of hydrogen-bond acceptors (Lipinski definition) is 5. The van der Waals surface area contributed by atoms with Crippen molar-refractivity contribution in [2.24, 2.45) is 0 Å². The first-order valence-corrected chi connectivity index (χ1v) is 7.79. The number of nitrogens with one attached hydrogen (secondary N) is 1. The molecule has 0 bridgehead atoms. The third-order valence-corrected chi connectivity index (χ3v) is 4.58. The van der Waals surface area contributed by atoms with Crippen LogP contribution in [0.5, 0.6) is 0 Å². The van der Waals surface area contributed by atoms with E-state index in [4.69, 9.17) is 4.52 Å². The molecule has 0 saturated carbocycles. The molecule has 0 spiro atoms. The lowest BCUT2D eigenvalue weighted by atomic mass is 10.2. The predicted molar refractivity (Wildman–Crippen MR) is 75.5 cm³/mol. The Morgan fingerprint density at radius 1 is 1.47 bits per heavy atom. The zero-order valence-electron chi connectivity index (χ0n) is 9.90. The van der Waals surface area contributed by atoms with E-state index in [1.807, 2.05) is 11.8 Å². The van der Waals surface area contributed by atoms with E-state index >= 15 is 0 Å². The molecule has 3 rings (SSSR count). The van der Waals surface area contributed by atoms with Crippen molar-refractivity contribution in [3.8, 4) is 11.4 Å². The Balaban J connectivity index is 1.89. The van der Waals surface area contributed by atoms with Gasteiger partial charge in [0.15, 0.2) is 0 Å². The van der Waals surface area contributed by atoms with Gasteiger partial charge in [0.05, 0.1) is 6.04 Å². The van der Waals surface area contributed by atoms with Crippen molar-refractivity contribution in [3.05, 3.63) is 34.4 Å². The molecular weight excluding hydrogens is 333 g/mol. The van der Waals surface area contributed by atoms with E-state index in [0.29, 0.717) is 17.3 Å². The van der Waals surface area contributed by atoms with Crippen LogP contribution >= 0.6 is 27.7 Å². The molecule has 1 aliphatic heterocycles. The topological polar surface area (TPSA) is 51.0 Å². The second kappa shape index (κ2) is 5.60. The van der Waals surface area contributed by atoms with Gasteiger partial charge in [-0.2, -0.15) is 16.7 Å². The minimum Gasteiger partial charge on any atom is -0.337 e. The van der Waals surface area contributed by atoms with Crippen molar-refractivity contribution < 1.29 is 8.91 Å². The first-order valence-electron chi connectivity index (χ1n) is 5.84. The number of benzene rings is 1. The third-order valence-electron chi connectivity index (χ3n) is 2.83. The summed E-state index contributed by atoms with van der Waals surface area (Å²) in [5.41, 5.74) is 0.596. The molecule has 0 amide bonds. The van der Waals surface area contributed by atoms with Gasteiger partial charge in [-0.05, 0) is 18.2 Å². The van der Waals surface area contributed by atoms with Crippen LogP contribution in [0, 0.1) is 5.82 Å². The molecule has 1 atom stereocenters. The van der Waals surface area contributed by atoms with Gasteiger partial charge >= 0.3 is 0 Å². The van der Waals surface area contributed by atoms with Crippen LogP contribution < -0.4 is 5.32 Å². The molecule has 1 saturated heterocycles. The minimum absolute atomic E-state index is 0.0762. The number of aromatic nitrogens is 2. The Hall–Kier alpha value is -0.920. The molecule has 0 aliphatic carbocycles. The fourth-order valence-corrected chi connectivity index (χ4v) is 3.23. The Kier molecular flexibility index (Phi) is 3.86. The minimum atomic E-state index is -0.323. The first-order chi connectivity index (χ1) is 9.24. The maximum atomic E-state index is 13.3. The summed E-state index contributed by atoms with van der Waals surface area (Å²) in [7, 11) is 0. The lowest BCUT2D eigenvalue weighted by molar-refractivity contribution is 0.342. The van der Waals surface area contributed by atoms with E-state index in [0.717, 1.165) is 22.5 Å². The van der Waals surface area contributed by atoms with Gasteiger partial charge in [0.2, 0.25) is 11.7 Å². The molecule has 4 nitrogen and oxygen atoms in total. The summed E-state index contributed by atoms with van der Waals surface area (Å²) in [5.74, 6) is 2.63. The number of thioether (sulfide) groups is 1. The molecular formula is C12H11BrFN3OS. The van der Waals surface area contributed by atoms with E-state index in [-0.39, 0.29) is 11.9 Å². The van der Waals surface area contributed by atoms with E-state index in [1.165, 1.54) is 12.1 Å². The van der Waals surface area contributed by atoms with Crippen LogP contribution in [0.2, 0.25) is 0 Å². The zero-order chi connectivity index (χ0) is 13.2. The average Bonchev–Trinajstić information content (AvgIpc) is 2.92. The normalized spacial score (nSPS) is 19.6. The summed E-state index contributed by atoms with van der Waals surface area (Å²) in [6.07, 6.45) is 0. The molecule has 1 aromatic heterocycles. The second-order valence-electron chi connectivity index (χ2n) is 4.16. The Morgan fingerprint density at radius 3 is 3.16 bits per heavy atom. The first kappa shape index (κ1) is 13.1. The number of nitrogens with zero attached hydrogens (tertiary/aromatic N) is 2. The lowest BCUT2D eigenvalue weighted by Crippen LogP contribution is -2.30. The second-order valence-corrected chi connectivity index (χ2v) is 6.17. The molecule has 7 heteroatoms. The zero-order valence-corrected chi connectivity index (χ0v) is 12.3. The summed E-state index contributed by atoms with van der Waals surface area (Å²) < 4.78 is 19.3. The van der Waals surface area contributed by atoms with E-state index in [2.05, 4.69) is 31.4 Å². The van der Waals surface area contributed by atoms with Gasteiger partial charge in [0, 0.05) is 28.1 Å².